The predicted octanol–water partition coefficient (Wildman–Crippen LogP) is 5.51. The Kier molecular flexibility index (Phi) is 12.0. The first kappa shape index (κ1) is 29.4. The van der Waals surface area contributed by atoms with Gasteiger partial charge in [-0.2, -0.15) is 0 Å². The SMILES string of the molecule is CC(=O)O.CC(=O)O.Cc1cc(C)c(N2[C]N(c3c(C)cc(C)cc3C)C=C2)c(C)c1.[Pd]. The van der Waals surface area contributed by atoms with E-state index in [0.717, 1.165) is 13.8 Å². The second-order valence-electron chi connectivity index (χ2n) is 7.67. The van der Waals surface area contributed by atoms with E-state index >= 15 is 0 Å². The Balaban J connectivity index is 0.000000928. The van der Waals surface area contributed by atoms with E-state index in [1.165, 1.54) is 44.8 Å². The zero-order valence-corrected chi connectivity index (χ0v) is 21.4. The Hall–Kier alpha value is -2.62. The number of anilines is 2. The number of aliphatic carboxylic acids is 2. The predicted molar refractivity (Wildman–Crippen MR) is 125 cm³/mol. The minimum Gasteiger partial charge on any atom is -0.481 e. The van der Waals surface area contributed by atoms with Crippen molar-refractivity contribution in [2.75, 3.05) is 9.80 Å². The summed E-state index contributed by atoms with van der Waals surface area (Å²) in [6, 6.07) is 8.90. The van der Waals surface area contributed by atoms with Gasteiger partial charge in [-0.05, 0) is 63.8 Å². The molecule has 0 amide bonds. The Morgan fingerprint density at radius 2 is 0.875 bits per heavy atom. The smallest absolute Gasteiger partial charge is 0.300 e. The van der Waals surface area contributed by atoms with E-state index in [2.05, 4.69) is 94.7 Å². The van der Waals surface area contributed by atoms with Crippen LogP contribution in [0.5, 0.6) is 0 Å². The number of carboxylic acids is 2. The fourth-order valence-electron chi connectivity index (χ4n) is 3.67. The fraction of sp³-hybridized carbons (Fsp3) is 0.320. The van der Waals surface area contributed by atoms with Crippen LogP contribution in [0.2, 0.25) is 0 Å². The van der Waals surface area contributed by atoms with Crippen LogP contribution in [0.4, 0.5) is 11.4 Å². The van der Waals surface area contributed by atoms with Crippen LogP contribution in [-0.4, -0.2) is 22.2 Å². The average Bonchev–Trinajstić information content (AvgIpc) is 3.00. The van der Waals surface area contributed by atoms with Crippen molar-refractivity contribution in [1.82, 2.24) is 0 Å². The molecule has 6 nitrogen and oxygen atoms in total. The molecule has 1 aliphatic heterocycles. The summed E-state index contributed by atoms with van der Waals surface area (Å²) < 4.78 is 0. The number of hydrogen-bond donors (Lipinski definition) is 2. The van der Waals surface area contributed by atoms with E-state index in [9.17, 15) is 0 Å². The van der Waals surface area contributed by atoms with Gasteiger partial charge >= 0.3 is 0 Å². The number of nitrogens with zero attached hydrogens (tertiary/aromatic N) is 2. The average molecular weight is 531 g/mol. The summed E-state index contributed by atoms with van der Waals surface area (Å²) in [4.78, 5) is 22.2. The molecule has 2 radical (unpaired) electrons. The van der Waals surface area contributed by atoms with Crippen molar-refractivity contribution >= 4 is 23.3 Å². The van der Waals surface area contributed by atoms with Gasteiger partial charge in [0.1, 0.15) is 0 Å². The molecule has 0 spiro atoms. The van der Waals surface area contributed by atoms with Gasteiger partial charge in [0.05, 0.1) is 0 Å². The minimum absolute atomic E-state index is 0. The van der Waals surface area contributed by atoms with Crippen LogP contribution in [0, 0.1) is 48.2 Å². The molecule has 1 aliphatic rings. The van der Waals surface area contributed by atoms with Crippen LogP contribution in [0.25, 0.3) is 0 Å². The number of benzene rings is 2. The van der Waals surface area contributed by atoms with Gasteiger partial charge in [0, 0.05) is 58.0 Å². The molecule has 0 aromatic heterocycles. The number of carboxylic acid groups (broad SMARTS) is 2. The van der Waals surface area contributed by atoms with E-state index in [1.807, 2.05) is 0 Å². The van der Waals surface area contributed by atoms with Crippen molar-refractivity contribution in [2.24, 2.45) is 0 Å². The monoisotopic (exact) mass is 530 g/mol. The molecular weight excluding hydrogens is 499 g/mol. The largest absolute Gasteiger partial charge is 0.481 e. The first-order valence-corrected chi connectivity index (χ1v) is 9.91. The van der Waals surface area contributed by atoms with Gasteiger partial charge in [0.15, 0.2) is 0 Å². The second kappa shape index (κ2) is 13.0. The first-order chi connectivity index (χ1) is 14.3. The molecule has 176 valence electrons. The fourth-order valence-corrected chi connectivity index (χ4v) is 3.67. The molecule has 0 fully saturated rings. The summed E-state index contributed by atoms with van der Waals surface area (Å²) >= 11 is 0. The van der Waals surface area contributed by atoms with Crippen molar-refractivity contribution < 1.29 is 40.2 Å². The van der Waals surface area contributed by atoms with Crippen molar-refractivity contribution in [3.05, 3.63) is 76.7 Å². The first-order valence-electron chi connectivity index (χ1n) is 9.91. The van der Waals surface area contributed by atoms with Crippen molar-refractivity contribution in [1.29, 1.82) is 0 Å². The standard InChI is InChI=1S/C21H24N2.2C2H4O2.Pd/c1-14-9-16(3)20(17(4)10-14)22-7-8-23(13-22)21-18(5)11-15(2)12-19(21)6;2*1-2(3)4;/h7-12H,1-6H3;2*1H3,(H,3,4);. The van der Waals surface area contributed by atoms with E-state index in [-0.39, 0.29) is 20.4 Å². The second-order valence-corrected chi connectivity index (χ2v) is 7.67. The van der Waals surface area contributed by atoms with Crippen molar-refractivity contribution in [3.63, 3.8) is 0 Å². The maximum atomic E-state index is 9.00. The summed E-state index contributed by atoms with van der Waals surface area (Å²) in [5.41, 5.74) is 10.1. The van der Waals surface area contributed by atoms with Gasteiger partial charge in [0.25, 0.3) is 11.9 Å². The van der Waals surface area contributed by atoms with E-state index < -0.39 is 11.9 Å². The third-order valence-corrected chi connectivity index (χ3v) is 4.33. The van der Waals surface area contributed by atoms with Crippen LogP contribution in [-0.2, 0) is 30.0 Å². The summed E-state index contributed by atoms with van der Waals surface area (Å²) in [6.07, 6.45) is 4.17. The molecule has 0 saturated heterocycles. The number of carbonyl (C=O) groups is 2. The number of rotatable bonds is 2. The van der Waals surface area contributed by atoms with Crippen LogP contribution >= 0.6 is 0 Å². The molecule has 2 aromatic rings. The third-order valence-electron chi connectivity index (χ3n) is 4.33. The summed E-state index contributed by atoms with van der Waals surface area (Å²) in [5, 5.41) is 14.8. The van der Waals surface area contributed by atoms with Gasteiger partial charge in [-0.3, -0.25) is 9.59 Å². The van der Waals surface area contributed by atoms with Crippen molar-refractivity contribution in [2.45, 2.75) is 55.4 Å². The van der Waals surface area contributed by atoms with Crippen LogP contribution in [0.15, 0.2) is 36.7 Å². The molecule has 1 heterocycles. The van der Waals surface area contributed by atoms with Crippen LogP contribution in [0.3, 0.4) is 0 Å². The normalized spacial score (nSPS) is 11.6. The van der Waals surface area contributed by atoms with Crippen LogP contribution < -0.4 is 9.80 Å². The Morgan fingerprint density at radius 1 is 0.656 bits per heavy atom. The van der Waals surface area contributed by atoms with Gasteiger partial charge in [0.2, 0.25) is 6.67 Å². The molecule has 2 N–H and O–H groups in total. The maximum absolute atomic E-state index is 9.00. The number of hydrogen-bond acceptors (Lipinski definition) is 4. The Morgan fingerprint density at radius 3 is 1.09 bits per heavy atom. The zero-order valence-electron chi connectivity index (χ0n) is 19.9. The molecule has 0 aliphatic carbocycles. The molecule has 0 unspecified atom stereocenters. The summed E-state index contributed by atoms with van der Waals surface area (Å²) in [6.45, 7) is 18.6. The van der Waals surface area contributed by atoms with E-state index in [4.69, 9.17) is 19.8 Å². The van der Waals surface area contributed by atoms with Crippen molar-refractivity contribution in [3.8, 4) is 0 Å². The van der Waals surface area contributed by atoms with E-state index in [0.29, 0.717) is 0 Å². The Bertz CT molecular complexity index is 854. The molecular formula is C25H32N2O4Pd. The molecule has 2 aromatic carbocycles. The molecule has 0 atom stereocenters. The minimum atomic E-state index is -0.833. The molecule has 7 heteroatoms. The van der Waals surface area contributed by atoms with Gasteiger partial charge in [-0.25, -0.2) is 0 Å². The number of aryl methyl sites for hydroxylation is 6. The zero-order chi connectivity index (χ0) is 23.9. The summed E-state index contributed by atoms with van der Waals surface area (Å²) in [5.74, 6) is -1.67. The van der Waals surface area contributed by atoms with Gasteiger partial charge in [-0.15, -0.1) is 0 Å². The summed E-state index contributed by atoms with van der Waals surface area (Å²) in [7, 11) is 0. The third kappa shape index (κ3) is 8.86. The van der Waals surface area contributed by atoms with E-state index in [1.54, 1.807) is 0 Å². The molecule has 3 rings (SSSR count). The molecule has 32 heavy (non-hydrogen) atoms. The topological polar surface area (TPSA) is 81.1 Å². The van der Waals surface area contributed by atoms with Crippen LogP contribution in [0.1, 0.15) is 47.2 Å². The van der Waals surface area contributed by atoms with Gasteiger partial charge in [-0.1, -0.05) is 35.4 Å². The molecule has 0 bridgehead atoms. The van der Waals surface area contributed by atoms with Gasteiger partial charge < -0.3 is 20.0 Å². The molecule has 0 saturated carbocycles. The quantitative estimate of drug-likeness (QED) is 0.498. The Labute approximate surface area is 205 Å². The maximum Gasteiger partial charge on any atom is 0.300 e.